The zero-order valence-electron chi connectivity index (χ0n) is 8.97. The summed E-state index contributed by atoms with van der Waals surface area (Å²) < 4.78 is 13.3. The van der Waals surface area contributed by atoms with Gasteiger partial charge in [0.2, 0.25) is 5.91 Å². The number of amides is 1. The predicted octanol–water partition coefficient (Wildman–Crippen LogP) is 2.51. The van der Waals surface area contributed by atoms with E-state index in [1.54, 1.807) is 0 Å². The molecule has 0 aliphatic heterocycles. The maximum Gasteiger partial charge on any atom is 0.228 e. The van der Waals surface area contributed by atoms with E-state index in [9.17, 15) is 9.18 Å². The van der Waals surface area contributed by atoms with Crippen molar-refractivity contribution in [2.45, 2.75) is 13.3 Å². The predicted molar refractivity (Wildman–Crippen MR) is 65.6 cm³/mol. The summed E-state index contributed by atoms with van der Waals surface area (Å²) >= 11 is 3.06. The van der Waals surface area contributed by atoms with Gasteiger partial charge < -0.3 is 11.1 Å². The maximum absolute atomic E-state index is 12.9. The van der Waals surface area contributed by atoms with Crippen molar-refractivity contribution in [2.75, 3.05) is 11.9 Å². The molecule has 5 heteroatoms. The van der Waals surface area contributed by atoms with Crippen molar-refractivity contribution in [3.05, 3.63) is 28.5 Å². The molecule has 0 saturated heterocycles. The Kier molecular flexibility index (Phi) is 4.89. The first-order chi connectivity index (χ1) is 7.58. The molecule has 0 aliphatic carbocycles. The lowest BCUT2D eigenvalue weighted by molar-refractivity contribution is -0.119. The highest BCUT2D eigenvalue weighted by Crippen LogP contribution is 2.20. The molecule has 3 N–H and O–H groups in total. The van der Waals surface area contributed by atoms with Gasteiger partial charge in [0.15, 0.2) is 0 Å². The van der Waals surface area contributed by atoms with Gasteiger partial charge in [-0.15, -0.1) is 0 Å². The van der Waals surface area contributed by atoms with Crippen LogP contribution in [0.2, 0.25) is 0 Å². The van der Waals surface area contributed by atoms with E-state index in [-0.39, 0.29) is 17.6 Å². The zero-order valence-corrected chi connectivity index (χ0v) is 10.6. The molecule has 16 heavy (non-hydrogen) atoms. The van der Waals surface area contributed by atoms with Crippen molar-refractivity contribution in [3.63, 3.8) is 0 Å². The quantitative estimate of drug-likeness (QED) is 0.894. The number of nitrogens with one attached hydrogen (secondary N) is 1. The topological polar surface area (TPSA) is 55.1 Å². The molecule has 0 aliphatic rings. The van der Waals surface area contributed by atoms with E-state index in [0.717, 1.165) is 0 Å². The zero-order chi connectivity index (χ0) is 12.1. The third-order valence-corrected chi connectivity index (χ3v) is 2.94. The molecule has 1 aromatic carbocycles. The third-order valence-electron chi connectivity index (χ3n) is 2.34. The van der Waals surface area contributed by atoms with Crippen LogP contribution in [0.5, 0.6) is 0 Å². The van der Waals surface area contributed by atoms with Gasteiger partial charge in [-0.3, -0.25) is 4.79 Å². The minimum absolute atomic E-state index is 0.136. The van der Waals surface area contributed by atoms with Crippen LogP contribution in [0.25, 0.3) is 0 Å². The van der Waals surface area contributed by atoms with E-state index < -0.39 is 0 Å². The Balaban J connectivity index is 2.73. The molecule has 0 saturated carbocycles. The van der Waals surface area contributed by atoms with Crippen molar-refractivity contribution in [3.8, 4) is 0 Å². The van der Waals surface area contributed by atoms with Crippen LogP contribution in [0.15, 0.2) is 22.7 Å². The van der Waals surface area contributed by atoms with E-state index in [0.29, 0.717) is 23.1 Å². The highest BCUT2D eigenvalue weighted by Gasteiger charge is 2.14. The highest BCUT2D eigenvalue weighted by atomic mass is 79.9. The largest absolute Gasteiger partial charge is 0.330 e. The normalized spacial score (nSPS) is 12.2. The van der Waals surface area contributed by atoms with Crippen molar-refractivity contribution in [1.29, 1.82) is 0 Å². The molecule has 0 radical (unpaired) electrons. The molecular weight excluding hydrogens is 275 g/mol. The Morgan fingerprint density at radius 3 is 2.81 bits per heavy atom. The summed E-state index contributed by atoms with van der Waals surface area (Å²) in [4.78, 5) is 11.7. The lowest BCUT2D eigenvalue weighted by Gasteiger charge is -2.12. The molecule has 88 valence electrons. The fourth-order valence-corrected chi connectivity index (χ4v) is 1.66. The van der Waals surface area contributed by atoms with Crippen LogP contribution in [0.3, 0.4) is 0 Å². The number of nitrogens with two attached hydrogens (primary N) is 1. The lowest BCUT2D eigenvalue weighted by Crippen LogP contribution is -2.28. The molecule has 0 spiro atoms. The summed E-state index contributed by atoms with van der Waals surface area (Å²) in [5, 5.41) is 2.70. The summed E-state index contributed by atoms with van der Waals surface area (Å²) in [6, 6.07) is 4.33. The van der Waals surface area contributed by atoms with Gasteiger partial charge in [-0.1, -0.05) is 6.92 Å². The van der Waals surface area contributed by atoms with Crippen LogP contribution in [0, 0.1) is 11.7 Å². The monoisotopic (exact) mass is 288 g/mol. The summed E-state index contributed by atoms with van der Waals surface area (Å²) in [5.41, 5.74) is 6.02. The van der Waals surface area contributed by atoms with Crippen LogP contribution in [0.1, 0.15) is 13.3 Å². The number of carbonyl (C=O) groups is 1. The van der Waals surface area contributed by atoms with E-state index in [4.69, 9.17) is 5.73 Å². The maximum atomic E-state index is 12.9. The molecule has 0 bridgehead atoms. The smallest absolute Gasteiger partial charge is 0.228 e. The van der Waals surface area contributed by atoms with E-state index in [2.05, 4.69) is 21.2 Å². The lowest BCUT2D eigenvalue weighted by atomic mass is 10.1. The fraction of sp³-hybridized carbons (Fsp3) is 0.364. The second kappa shape index (κ2) is 5.96. The molecule has 1 aromatic rings. The van der Waals surface area contributed by atoms with Crippen molar-refractivity contribution in [1.82, 2.24) is 0 Å². The molecule has 1 atom stereocenters. The average molecular weight is 289 g/mol. The van der Waals surface area contributed by atoms with Gasteiger partial charge in [-0.05, 0) is 40.5 Å². The van der Waals surface area contributed by atoms with E-state index in [1.807, 2.05) is 6.92 Å². The molecule has 3 nitrogen and oxygen atoms in total. The van der Waals surface area contributed by atoms with E-state index in [1.165, 1.54) is 18.2 Å². The van der Waals surface area contributed by atoms with Gasteiger partial charge in [-0.2, -0.15) is 0 Å². The molecule has 1 rings (SSSR count). The Morgan fingerprint density at radius 1 is 1.62 bits per heavy atom. The summed E-state index contributed by atoms with van der Waals surface area (Å²) in [5.74, 6) is -0.698. The number of anilines is 1. The standard InChI is InChI=1S/C11H14BrFN2O/c1-2-7(6-14)11(16)15-8-3-4-10(13)9(12)5-8/h3-5,7H,2,6,14H2,1H3,(H,15,16). The van der Waals surface area contributed by atoms with Gasteiger partial charge in [0.1, 0.15) is 5.82 Å². The molecular formula is C11H14BrFN2O. The second-order valence-corrected chi connectivity index (χ2v) is 4.31. The van der Waals surface area contributed by atoms with Gasteiger partial charge >= 0.3 is 0 Å². The number of carbonyl (C=O) groups excluding carboxylic acids is 1. The summed E-state index contributed by atoms with van der Waals surface area (Å²) in [6.45, 7) is 2.21. The molecule has 1 amide bonds. The van der Waals surface area contributed by atoms with Crippen LogP contribution in [0.4, 0.5) is 10.1 Å². The molecule has 0 heterocycles. The SMILES string of the molecule is CCC(CN)C(=O)Nc1ccc(F)c(Br)c1. The molecule has 0 fully saturated rings. The number of hydrogen-bond donors (Lipinski definition) is 2. The first kappa shape index (κ1) is 13.1. The Hall–Kier alpha value is -0.940. The minimum Gasteiger partial charge on any atom is -0.330 e. The summed E-state index contributed by atoms with van der Waals surface area (Å²) in [6.07, 6.45) is 0.685. The molecule has 0 aromatic heterocycles. The van der Waals surface area contributed by atoms with Crippen molar-refractivity contribution >= 4 is 27.5 Å². The second-order valence-electron chi connectivity index (χ2n) is 3.46. The third kappa shape index (κ3) is 3.28. The number of benzene rings is 1. The van der Waals surface area contributed by atoms with Crippen LogP contribution in [-0.4, -0.2) is 12.5 Å². The number of hydrogen-bond acceptors (Lipinski definition) is 2. The highest BCUT2D eigenvalue weighted by molar-refractivity contribution is 9.10. The van der Waals surface area contributed by atoms with Crippen LogP contribution < -0.4 is 11.1 Å². The van der Waals surface area contributed by atoms with Gasteiger partial charge in [-0.25, -0.2) is 4.39 Å². The number of rotatable bonds is 4. The van der Waals surface area contributed by atoms with Crippen molar-refractivity contribution in [2.24, 2.45) is 11.7 Å². The molecule has 1 unspecified atom stereocenters. The first-order valence-corrected chi connectivity index (χ1v) is 5.83. The van der Waals surface area contributed by atoms with Crippen LogP contribution in [-0.2, 0) is 4.79 Å². The van der Waals surface area contributed by atoms with E-state index >= 15 is 0 Å². The minimum atomic E-state index is -0.358. The Bertz CT molecular complexity index is 380. The Labute approximate surface area is 102 Å². The van der Waals surface area contributed by atoms with Crippen molar-refractivity contribution < 1.29 is 9.18 Å². The fourth-order valence-electron chi connectivity index (χ4n) is 1.28. The average Bonchev–Trinajstić information content (AvgIpc) is 2.25. The van der Waals surface area contributed by atoms with Gasteiger partial charge in [0.25, 0.3) is 0 Å². The van der Waals surface area contributed by atoms with Gasteiger partial charge in [0, 0.05) is 12.2 Å². The first-order valence-electron chi connectivity index (χ1n) is 5.04. The van der Waals surface area contributed by atoms with Crippen LogP contribution >= 0.6 is 15.9 Å². The van der Waals surface area contributed by atoms with Gasteiger partial charge in [0.05, 0.1) is 10.4 Å². The summed E-state index contributed by atoms with van der Waals surface area (Å²) in [7, 11) is 0. The Morgan fingerprint density at radius 2 is 2.31 bits per heavy atom. The number of halogens is 2.